The van der Waals surface area contributed by atoms with Crippen LogP contribution in [0, 0.1) is 0 Å². The summed E-state index contributed by atoms with van der Waals surface area (Å²) in [6, 6.07) is 42.2. The summed E-state index contributed by atoms with van der Waals surface area (Å²) in [5, 5.41) is 34.2. The van der Waals surface area contributed by atoms with Gasteiger partial charge in [0.1, 0.15) is 28.3 Å². The number of hydrogen-bond donors (Lipinski definition) is 2. The Morgan fingerprint density at radius 3 is 1.69 bits per heavy atom. The Balaban J connectivity index is 0.000000140. The van der Waals surface area contributed by atoms with Crippen molar-refractivity contribution in [1.82, 2.24) is 9.97 Å². The van der Waals surface area contributed by atoms with Gasteiger partial charge in [0.2, 0.25) is 11.8 Å². The van der Waals surface area contributed by atoms with Gasteiger partial charge in [0.15, 0.2) is 11.2 Å². The molecule has 12 rings (SSSR count). The molecule has 7 aromatic carbocycles. The zero-order valence-electron chi connectivity index (χ0n) is 30.9. The van der Waals surface area contributed by atoms with Gasteiger partial charge < -0.3 is 39.2 Å². The molecule has 1 aliphatic carbocycles. The molecular formula is C48H32CuN4O6. The number of nitrogens with zero attached hydrogens (tertiary/aromatic N) is 4. The number of aromatic nitrogens is 2. The molecule has 11 heteroatoms. The van der Waals surface area contributed by atoms with Crippen LogP contribution in [-0.4, -0.2) is 32.3 Å². The van der Waals surface area contributed by atoms with E-state index in [1.165, 1.54) is 0 Å². The summed E-state index contributed by atoms with van der Waals surface area (Å²) < 4.78 is 23.8. The van der Waals surface area contributed by atoms with Gasteiger partial charge in [0.05, 0.1) is 12.3 Å². The standard InChI is InChI=1S/C24H17N2O3.C24H15N2O3.Cu/c2*27-20-13-14-9-10-15(23-25-18-5-1-3-7-21(18)28-23)11-16(14)12-17(20)24-26-19-6-2-4-8-22(19)29-24;/h1-13,19,22,24,27H;1-13,24H,(H,25,27);/q2*-1;+2. The summed E-state index contributed by atoms with van der Waals surface area (Å²) in [6.07, 6.45) is 6.83. The summed E-state index contributed by atoms with van der Waals surface area (Å²) >= 11 is 0. The van der Waals surface area contributed by atoms with E-state index in [2.05, 4.69) is 15.3 Å². The summed E-state index contributed by atoms with van der Waals surface area (Å²) in [4.78, 5) is 9.16. The third-order valence-electron chi connectivity index (χ3n) is 10.6. The number of oxazole rings is 2. The third-order valence-corrected chi connectivity index (χ3v) is 10.6. The molecule has 4 atom stereocenters. The van der Waals surface area contributed by atoms with E-state index in [0.29, 0.717) is 22.9 Å². The molecule has 1 saturated heterocycles. The number of benzene rings is 7. The molecule has 4 heterocycles. The molecular weight excluding hydrogens is 792 g/mol. The van der Waals surface area contributed by atoms with Crippen molar-refractivity contribution in [2.45, 2.75) is 24.6 Å². The molecule has 59 heavy (non-hydrogen) atoms. The fourth-order valence-electron chi connectivity index (χ4n) is 7.66. The molecule has 0 bridgehead atoms. The normalized spacial score (nSPS) is 18.8. The number of allylic oxidation sites excluding steroid dienone is 2. The van der Waals surface area contributed by atoms with Crippen LogP contribution < -0.4 is 4.74 Å². The molecule has 2 N–H and O–H groups in total. The van der Waals surface area contributed by atoms with E-state index < -0.39 is 12.5 Å². The van der Waals surface area contributed by atoms with Gasteiger partial charge in [-0.05, 0) is 100 Å². The van der Waals surface area contributed by atoms with Crippen LogP contribution in [0.5, 0.6) is 17.2 Å². The maximum atomic E-state index is 10.6. The molecule has 2 aromatic heterocycles. The molecule has 1 fully saturated rings. The first-order valence-corrected chi connectivity index (χ1v) is 18.9. The minimum Gasteiger partial charge on any atom is -0.643 e. The number of ether oxygens (including phenoxy) is 2. The second-order valence-corrected chi connectivity index (χ2v) is 14.3. The molecule has 291 valence electrons. The van der Waals surface area contributed by atoms with Crippen molar-refractivity contribution in [1.29, 1.82) is 0 Å². The third kappa shape index (κ3) is 6.76. The summed E-state index contributed by atoms with van der Waals surface area (Å²) in [6.45, 7) is 0. The van der Waals surface area contributed by atoms with Crippen molar-refractivity contribution < 1.29 is 45.6 Å². The van der Waals surface area contributed by atoms with Gasteiger partial charge in [-0.3, -0.25) is 0 Å². The van der Waals surface area contributed by atoms with E-state index in [1.54, 1.807) is 12.1 Å². The maximum Gasteiger partial charge on any atom is 2.00 e. The van der Waals surface area contributed by atoms with E-state index in [0.717, 1.165) is 66.3 Å². The van der Waals surface area contributed by atoms with Gasteiger partial charge in [-0.2, -0.15) is 0 Å². The second kappa shape index (κ2) is 14.8. The predicted octanol–water partition coefficient (Wildman–Crippen LogP) is 12.1. The first-order valence-electron chi connectivity index (χ1n) is 18.9. The number of phenolic OH excluding ortho intramolecular Hbond substituents is 2. The van der Waals surface area contributed by atoms with Crippen LogP contribution in [0.2, 0.25) is 0 Å². The molecule has 9 aromatic rings. The average molecular weight is 824 g/mol. The predicted molar refractivity (Wildman–Crippen MR) is 223 cm³/mol. The molecule has 1 radical (unpaired) electrons. The Labute approximate surface area is 347 Å². The van der Waals surface area contributed by atoms with Crippen molar-refractivity contribution in [2.24, 2.45) is 0 Å². The first kappa shape index (κ1) is 36.5. The van der Waals surface area contributed by atoms with Crippen LogP contribution in [0.4, 0.5) is 5.69 Å². The molecule has 4 unspecified atom stereocenters. The number of fused-ring (bicyclic) bond motifs is 6. The van der Waals surface area contributed by atoms with Gasteiger partial charge in [0.25, 0.3) is 0 Å². The monoisotopic (exact) mass is 823 g/mol. The Hall–Kier alpha value is -6.88. The van der Waals surface area contributed by atoms with Gasteiger partial charge in [-0.25, -0.2) is 9.97 Å². The Morgan fingerprint density at radius 2 is 1.10 bits per heavy atom. The summed E-state index contributed by atoms with van der Waals surface area (Å²) in [7, 11) is 0. The van der Waals surface area contributed by atoms with Crippen molar-refractivity contribution in [2.75, 3.05) is 0 Å². The molecule has 0 saturated carbocycles. The van der Waals surface area contributed by atoms with E-state index in [-0.39, 0.29) is 40.7 Å². The minimum absolute atomic E-state index is 0. The van der Waals surface area contributed by atoms with Crippen molar-refractivity contribution in [3.8, 4) is 40.2 Å². The number of rotatable bonds is 4. The molecule has 2 aliphatic heterocycles. The Kier molecular flexibility index (Phi) is 9.15. The zero-order chi connectivity index (χ0) is 38.7. The molecule has 10 nitrogen and oxygen atoms in total. The van der Waals surface area contributed by atoms with Gasteiger partial charge in [0, 0.05) is 28.5 Å². The summed E-state index contributed by atoms with van der Waals surface area (Å²) in [5.74, 6) is 2.21. The fraction of sp³-hybridized carbons (Fsp3) is 0.0833. The largest absolute Gasteiger partial charge is 2.00 e. The SMILES string of the molecule is Oc1cc2ccc(-c3nc4ccccc4o3)cc2cc1C1[N-]C2C=CC=CC2O1.Oc1cc2ccc(-c3nc4ccccc4o3)cc2cc1C1[N-]c2ccccc2O1.[Cu+2]. The molecule has 0 amide bonds. The number of para-hydroxylation sites is 6. The maximum absolute atomic E-state index is 10.6. The average Bonchev–Trinajstić information content (AvgIpc) is 4.07. The van der Waals surface area contributed by atoms with Crippen molar-refractivity contribution in [3.05, 3.63) is 180 Å². The van der Waals surface area contributed by atoms with E-state index in [1.807, 2.05) is 146 Å². The van der Waals surface area contributed by atoms with Crippen LogP contribution in [-0.2, 0) is 21.8 Å². The van der Waals surface area contributed by atoms with E-state index in [9.17, 15) is 10.2 Å². The molecule has 0 spiro atoms. The summed E-state index contributed by atoms with van der Waals surface area (Å²) in [5.41, 5.74) is 7.01. The Bertz CT molecular complexity index is 3010. The van der Waals surface area contributed by atoms with Crippen LogP contribution in [0.3, 0.4) is 0 Å². The van der Waals surface area contributed by atoms with Crippen LogP contribution in [0.25, 0.3) is 77.3 Å². The van der Waals surface area contributed by atoms with Gasteiger partial charge in [-0.1, -0.05) is 90.6 Å². The van der Waals surface area contributed by atoms with Crippen LogP contribution >= 0.6 is 0 Å². The number of phenols is 2. The smallest absolute Gasteiger partial charge is 0.643 e. The van der Waals surface area contributed by atoms with Crippen LogP contribution in [0.15, 0.2) is 167 Å². The minimum atomic E-state index is -0.565. The van der Waals surface area contributed by atoms with Gasteiger partial charge in [-0.15, -0.1) is 0 Å². The fourth-order valence-corrected chi connectivity index (χ4v) is 7.66. The quantitative estimate of drug-likeness (QED) is 0.167. The second-order valence-electron chi connectivity index (χ2n) is 14.3. The number of aromatic hydroxyl groups is 2. The first-order chi connectivity index (χ1) is 28.5. The van der Waals surface area contributed by atoms with E-state index in [4.69, 9.17) is 23.6 Å². The van der Waals surface area contributed by atoms with Crippen LogP contribution in [0.1, 0.15) is 23.6 Å². The van der Waals surface area contributed by atoms with E-state index >= 15 is 0 Å². The van der Waals surface area contributed by atoms with Crippen molar-refractivity contribution in [3.63, 3.8) is 0 Å². The zero-order valence-corrected chi connectivity index (χ0v) is 31.9. The van der Waals surface area contributed by atoms with Crippen molar-refractivity contribution >= 4 is 49.4 Å². The van der Waals surface area contributed by atoms with Gasteiger partial charge >= 0.3 is 17.1 Å². The molecule has 3 aliphatic rings. The Morgan fingerprint density at radius 1 is 0.542 bits per heavy atom. The number of hydrogen-bond acceptors (Lipinski definition) is 8. The topological polar surface area (TPSA) is 139 Å².